The fourth-order valence-electron chi connectivity index (χ4n) is 2.98. The molecule has 0 spiro atoms. The fraction of sp³-hybridized carbons (Fsp3) is 0.444. The van der Waals surface area contributed by atoms with Gasteiger partial charge in [0.15, 0.2) is 0 Å². The second-order valence-corrected chi connectivity index (χ2v) is 6.37. The van der Waals surface area contributed by atoms with Crippen molar-refractivity contribution in [2.45, 2.75) is 44.8 Å². The average Bonchev–Trinajstić information content (AvgIpc) is 3.07. The van der Waals surface area contributed by atoms with Gasteiger partial charge < -0.3 is 4.74 Å². The topological polar surface area (TPSA) is 76.4 Å². The first-order valence-corrected chi connectivity index (χ1v) is 8.68. The standard InChI is InChI=1S/C18H24ClN3O3/c1-3-10-22-16(8-9-20-22)15(17(25-2)12-18(23)21-24)11-13-4-6-14(19)7-5-13/h4-9,15,17,24H,3,10-12H2,1-2H3,(H,21,23). The molecule has 1 aromatic carbocycles. The maximum atomic E-state index is 11.7. The van der Waals surface area contributed by atoms with Crippen LogP contribution in [0, 0.1) is 0 Å². The zero-order valence-electron chi connectivity index (χ0n) is 14.5. The number of aryl methyl sites for hydroxylation is 1. The fourth-order valence-corrected chi connectivity index (χ4v) is 3.10. The molecule has 136 valence electrons. The molecular weight excluding hydrogens is 342 g/mol. The molecule has 0 saturated heterocycles. The molecular formula is C18H24ClN3O3. The van der Waals surface area contributed by atoms with Gasteiger partial charge in [0.05, 0.1) is 12.5 Å². The number of carbonyl (C=O) groups excluding carboxylic acids is 1. The summed E-state index contributed by atoms with van der Waals surface area (Å²) in [4.78, 5) is 11.7. The van der Waals surface area contributed by atoms with Crippen molar-refractivity contribution in [2.24, 2.45) is 0 Å². The maximum absolute atomic E-state index is 11.7. The van der Waals surface area contributed by atoms with Crippen LogP contribution < -0.4 is 5.48 Å². The minimum absolute atomic E-state index is 0.0581. The van der Waals surface area contributed by atoms with Crippen LogP contribution in [0.2, 0.25) is 5.02 Å². The van der Waals surface area contributed by atoms with Crippen LogP contribution in [0.1, 0.15) is 36.9 Å². The molecule has 2 atom stereocenters. The number of benzene rings is 1. The number of hydrogen-bond acceptors (Lipinski definition) is 4. The summed E-state index contributed by atoms with van der Waals surface area (Å²) >= 11 is 5.97. The first-order chi connectivity index (χ1) is 12.1. The normalized spacial score (nSPS) is 13.4. The van der Waals surface area contributed by atoms with E-state index >= 15 is 0 Å². The lowest BCUT2D eigenvalue weighted by atomic mass is 9.89. The van der Waals surface area contributed by atoms with Crippen LogP contribution in [0.15, 0.2) is 36.5 Å². The van der Waals surface area contributed by atoms with Gasteiger partial charge in [-0.05, 0) is 36.6 Å². The molecule has 0 bridgehead atoms. The summed E-state index contributed by atoms with van der Waals surface area (Å²) in [6.45, 7) is 2.88. The van der Waals surface area contributed by atoms with E-state index in [0.29, 0.717) is 11.4 Å². The number of amides is 1. The van der Waals surface area contributed by atoms with Crippen LogP contribution in [0.25, 0.3) is 0 Å². The second-order valence-electron chi connectivity index (χ2n) is 5.93. The van der Waals surface area contributed by atoms with Gasteiger partial charge in [0, 0.05) is 36.5 Å². The van der Waals surface area contributed by atoms with E-state index in [1.165, 1.54) is 0 Å². The van der Waals surface area contributed by atoms with Gasteiger partial charge in [-0.2, -0.15) is 5.10 Å². The third kappa shape index (κ3) is 5.29. The predicted molar refractivity (Wildman–Crippen MR) is 95.8 cm³/mol. The molecule has 2 unspecified atom stereocenters. The zero-order valence-corrected chi connectivity index (χ0v) is 15.2. The monoisotopic (exact) mass is 365 g/mol. The molecule has 6 nitrogen and oxygen atoms in total. The Morgan fingerprint density at radius 1 is 1.36 bits per heavy atom. The summed E-state index contributed by atoms with van der Waals surface area (Å²) in [6.07, 6.45) is 3.05. The number of halogens is 1. The number of nitrogens with zero attached hydrogens (tertiary/aromatic N) is 2. The molecule has 0 aliphatic carbocycles. The number of aromatic nitrogens is 2. The highest BCUT2D eigenvalue weighted by atomic mass is 35.5. The van der Waals surface area contributed by atoms with E-state index in [4.69, 9.17) is 21.5 Å². The van der Waals surface area contributed by atoms with Crippen molar-refractivity contribution < 1.29 is 14.7 Å². The van der Waals surface area contributed by atoms with Gasteiger partial charge in [0.1, 0.15) is 0 Å². The highest BCUT2D eigenvalue weighted by molar-refractivity contribution is 6.30. The van der Waals surface area contributed by atoms with Crippen molar-refractivity contribution in [3.8, 4) is 0 Å². The first-order valence-electron chi connectivity index (χ1n) is 8.30. The Morgan fingerprint density at radius 2 is 2.08 bits per heavy atom. The van der Waals surface area contributed by atoms with Gasteiger partial charge in [-0.1, -0.05) is 30.7 Å². The summed E-state index contributed by atoms with van der Waals surface area (Å²) in [5.74, 6) is -0.563. The largest absolute Gasteiger partial charge is 0.380 e. The van der Waals surface area contributed by atoms with Gasteiger partial charge in [-0.25, -0.2) is 5.48 Å². The average molecular weight is 366 g/mol. The molecule has 0 radical (unpaired) electrons. The lowest BCUT2D eigenvalue weighted by Crippen LogP contribution is -2.32. The number of carbonyl (C=O) groups is 1. The van der Waals surface area contributed by atoms with Crippen LogP contribution in [0.3, 0.4) is 0 Å². The quantitative estimate of drug-likeness (QED) is 0.528. The molecule has 2 aromatic rings. The predicted octanol–water partition coefficient (Wildman–Crippen LogP) is 3.18. The smallest absolute Gasteiger partial charge is 0.245 e. The molecule has 2 rings (SSSR count). The van der Waals surface area contributed by atoms with Gasteiger partial charge in [0.25, 0.3) is 0 Å². The van der Waals surface area contributed by atoms with Crippen molar-refractivity contribution in [3.05, 3.63) is 52.8 Å². The molecule has 2 N–H and O–H groups in total. The van der Waals surface area contributed by atoms with Crippen LogP contribution in [-0.4, -0.2) is 34.1 Å². The molecule has 1 aromatic heterocycles. The SMILES string of the molecule is CCCn1nccc1C(Cc1ccc(Cl)cc1)C(CC(=O)NO)OC. The van der Waals surface area contributed by atoms with Crippen molar-refractivity contribution in [2.75, 3.05) is 7.11 Å². The Labute approximate surface area is 152 Å². The van der Waals surface area contributed by atoms with Crippen LogP contribution in [0.4, 0.5) is 0 Å². The number of ether oxygens (including phenoxy) is 1. The van der Waals surface area contributed by atoms with E-state index in [9.17, 15) is 4.79 Å². The van der Waals surface area contributed by atoms with E-state index in [-0.39, 0.29) is 12.3 Å². The number of methoxy groups -OCH3 is 1. The summed E-state index contributed by atoms with van der Waals surface area (Å²) in [6, 6.07) is 9.58. The highest BCUT2D eigenvalue weighted by Gasteiger charge is 2.28. The van der Waals surface area contributed by atoms with E-state index in [2.05, 4.69) is 12.0 Å². The van der Waals surface area contributed by atoms with Gasteiger partial charge >= 0.3 is 0 Å². The Bertz CT molecular complexity index is 672. The molecule has 7 heteroatoms. The van der Waals surface area contributed by atoms with Crippen LogP contribution in [0.5, 0.6) is 0 Å². The lowest BCUT2D eigenvalue weighted by Gasteiger charge is -2.26. The Hall–Kier alpha value is -1.89. The highest BCUT2D eigenvalue weighted by Crippen LogP contribution is 2.29. The van der Waals surface area contributed by atoms with E-state index < -0.39 is 12.0 Å². The van der Waals surface area contributed by atoms with Crippen molar-refractivity contribution in [1.82, 2.24) is 15.3 Å². The zero-order chi connectivity index (χ0) is 18.2. The van der Waals surface area contributed by atoms with Crippen molar-refractivity contribution in [1.29, 1.82) is 0 Å². The number of hydrogen-bond donors (Lipinski definition) is 2. The van der Waals surface area contributed by atoms with Gasteiger partial charge in [-0.3, -0.25) is 14.7 Å². The second kappa shape index (κ2) is 9.56. The molecule has 0 fully saturated rings. The Morgan fingerprint density at radius 3 is 2.68 bits per heavy atom. The van der Waals surface area contributed by atoms with Crippen LogP contribution >= 0.6 is 11.6 Å². The van der Waals surface area contributed by atoms with Gasteiger partial charge in [-0.15, -0.1) is 0 Å². The third-order valence-electron chi connectivity index (χ3n) is 4.20. The van der Waals surface area contributed by atoms with Crippen molar-refractivity contribution in [3.63, 3.8) is 0 Å². The van der Waals surface area contributed by atoms with Crippen molar-refractivity contribution >= 4 is 17.5 Å². The number of rotatable bonds is 9. The summed E-state index contributed by atoms with van der Waals surface area (Å²) in [5.41, 5.74) is 3.78. The molecule has 1 amide bonds. The Kier molecular flexibility index (Phi) is 7.43. The minimum Gasteiger partial charge on any atom is -0.380 e. The first kappa shape index (κ1) is 19.4. The third-order valence-corrected chi connectivity index (χ3v) is 4.45. The maximum Gasteiger partial charge on any atom is 0.245 e. The lowest BCUT2D eigenvalue weighted by molar-refractivity contribution is -0.132. The number of hydroxylamine groups is 1. The molecule has 1 heterocycles. The molecule has 25 heavy (non-hydrogen) atoms. The van der Waals surface area contributed by atoms with E-state index in [1.54, 1.807) is 18.8 Å². The molecule has 0 saturated carbocycles. The van der Waals surface area contributed by atoms with Crippen LogP contribution in [-0.2, 0) is 22.5 Å². The summed E-state index contributed by atoms with van der Waals surface area (Å²) in [7, 11) is 1.57. The Balaban J connectivity index is 2.33. The van der Waals surface area contributed by atoms with Gasteiger partial charge in [0.2, 0.25) is 5.91 Å². The number of nitrogens with one attached hydrogen (secondary N) is 1. The minimum atomic E-state index is -0.477. The van der Waals surface area contributed by atoms with E-state index in [1.807, 2.05) is 35.0 Å². The summed E-state index contributed by atoms with van der Waals surface area (Å²) < 4.78 is 7.55. The summed E-state index contributed by atoms with van der Waals surface area (Å²) in [5, 5.41) is 13.9. The molecule has 0 aliphatic rings. The molecule has 0 aliphatic heterocycles. The van der Waals surface area contributed by atoms with E-state index in [0.717, 1.165) is 24.2 Å².